The van der Waals surface area contributed by atoms with Crippen molar-refractivity contribution in [3.8, 4) is 0 Å². The Bertz CT molecular complexity index is 456. The molecule has 2 aromatic rings. The van der Waals surface area contributed by atoms with Crippen LogP contribution in [0.4, 0.5) is 0 Å². The molecule has 2 rings (SSSR count). The quantitative estimate of drug-likeness (QED) is 0.858. The first kappa shape index (κ1) is 11.4. The summed E-state index contributed by atoms with van der Waals surface area (Å²) in [6, 6.07) is 8.73. The Labute approximate surface area is 101 Å². The Morgan fingerprint density at radius 2 is 1.81 bits per heavy atom. The van der Waals surface area contributed by atoms with Crippen molar-refractivity contribution in [2.75, 3.05) is 0 Å². The van der Waals surface area contributed by atoms with Crippen molar-refractivity contribution in [1.29, 1.82) is 0 Å². The van der Waals surface area contributed by atoms with Gasteiger partial charge in [0, 0.05) is 6.04 Å². The molecule has 0 aliphatic carbocycles. The van der Waals surface area contributed by atoms with Crippen LogP contribution < -0.4 is 5.73 Å². The lowest BCUT2D eigenvalue weighted by Crippen LogP contribution is -2.13. The topological polar surface area (TPSA) is 26.0 Å². The number of hydrogen-bond acceptors (Lipinski definition) is 2. The minimum absolute atomic E-state index is 0.119. The average molecular weight is 231 g/mol. The Hall–Kier alpha value is -1.12. The molecule has 1 aromatic heterocycles. The summed E-state index contributed by atoms with van der Waals surface area (Å²) in [6.45, 7) is 4.23. The Kier molecular flexibility index (Phi) is 3.42. The molecule has 0 amide bonds. The number of thiophene rings is 1. The highest BCUT2D eigenvalue weighted by atomic mass is 32.1. The Balaban J connectivity index is 2.10. The summed E-state index contributed by atoms with van der Waals surface area (Å²) in [5.41, 5.74) is 11.4. The van der Waals surface area contributed by atoms with Crippen molar-refractivity contribution in [2.45, 2.75) is 26.3 Å². The number of benzene rings is 1. The maximum absolute atomic E-state index is 6.22. The number of rotatable bonds is 3. The SMILES string of the molecule is Cc1ccc(CC(N)c2cscc2C)cc1. The molecule has 0 aliphatic rings. The summed E-state index contributed by atoms with van der Waals surface area (Å²) in [5.74, 6) is 0. The molecule has 1 aromatic carbocycles. The first-order valence-electron chi connectivity index (χ1n) is 5.50. The van der Waals surface area contributed by atoms with Gasteiger partial charge < -0.3 is 5.73 Å². The van der Waals surface area contributed by atoms with Crippen LogP contribution in [0.25, 0.3) is 0 Å². The molecular weight excluding hydrogens is 214 g/mol. The van der Waals surface area contributed by atoms with Gasteiger partial charge in [-0.3, -0.25) is 0 Å². The zero-order valence-electron chi connectivity index (χ0n) is 9.73. The smallest absolute Gasteiger partial charge is 0.0346 e. The standard InChI is InChI=1S/C14H17NS/c1-10-3-5-12(6-4-10)7-14(15)13-9-16-8-11(13)2/h3-6,8-9,14H,7,15H2,1-2H3. The maximum Gasteiger partial charge on any atom is 0.0346 e. The molecule has 84 valence electrons. The highest BCUT2D eigenvalue weighted by Gasteiger charge is 2.10. The number of hydrogen-bond donors (Lipinski definition) is 1. The molecule has 1 atom stereocenters. The van der Waals surface area contributed by atoms with Gasteiger partial charge in [0.15, 0.2) is 0 Å². The van der Waals surface area contributed by atoms with Gasteiger partial charge in [0.05, 0.1) is 0 Å². The maximum atomic E-state index is 6.22. The van der Waals surface area contributed by atoms with Crippen LogP contribution >= 0.6 is 11.3 Å². The van der Waals surface area contributed by atoms with Gasteiger partial charge in [-0.1, -0.05) is 29.8 Å². The van der Waals surface area contributed by atoms with E-state index in [1.807, 2.05) is 0 Å². The van der Waals surface area contributed by atoms with Crippen molar-refractivity contribution in [3.63, 3.8) is 0 Å². The molecule has 1 unspecified atom stereocenters. The van der Waals surface area contributed by atoms with E-state index in [-0.39, 0.29) is 6.04 Å². The molecule has 2 N–H and O–H groups in total. The second-order valence-corrected chi connectivity index (χ2v) is 5.05. The van der Waals surface area contributed by atoms with Gasteiger partial charge in [-0.2, -0.15) is 11.3 Å². The molecule has 0 saturated heterocycles. The van der Waals surface area contributed by atoms with Crippen LogP contribution in [0.3, 0.4) is 0 Å². The number of aryl methyl sites for hydroxylation is 2. The molecule has 0 bridgehead atoms. The Morgan fingerprint density at radius 1 is 1.12 bits per heavy atom. The lowest BCUT2D eigenvalue weighted by Gasteiger charge is -2.11. The van der Waals surface area contributed by atoms with E-state index in [0.29, 0.717) is 0 Å². The van der Waals surface area contributed by atoms with Crippen molar-refractivity contribution >= 4 is 11.3 Å². The summed E-state index contributed by atoms with van der Waals surface area (Å²) in [5, 5.41) is 4.32. The third-order valence-corrected chi connectivity index (χ3v) is 3.75. The van der Waals surface area contributed by atoms with E-state index >= 15 is 0 Å². The predicted molar refractivity (Wildman–Crippen MR) is 70.9 cm³/mol. The molecular formula is C14H17NS. The van der Waals surface area contributed by atoms with E-state index in [9.17, 15) is 0 Å². The fourth-order valence-corrected chi connectivity index (χ4v) is 2.75. The zero-order chi connectivity index (χ0) is 11.5. The zero-order valence-corrected chi connectivity index (χ0v) is 10.6. The molecule has 1 heterocycles. The van der Waals surface area contributed by atoms with Crippen molar-refractivity contribution in [2.24, 2.45) is 5.73 Å². The van der Waals surface area contributed by atoms with E-state index in [4.69, 9.17) is 5.73 Å². The van der Waals surface area contributed by atoms with Gasteiger partial charge in [0.2, 0.25) is 0 Å². The van der Waals surface area contributed by atoms with E-state index in [1.54, 1.807) is 11.3 Å². The van der Waals surface area contributed by atoms with E-state index in [0.717, 1.165) is 6.42 Å². The van der Waals surface area contributed by atoms with Crippen LogP contribution in [0.2, 0.25) is 0 Å². The number of nitrogens with two attached hydrogens (primary N) is 1. The van der Waals surface area contributed by atoms with E-state index in [2.05, 4.69) is 48.9 Å². The van der Waals surface area contributed by atoms with Crippen LogP contribution in [0, 0.1) is 13.8 Å². The van der Waals surface area contributed by atoms with Crippen LogP contribution in [0.15, 0.2) is 35.0 Å². The summed E-state index contributed by atoms with van der Waals surface area (Å²) >= 11 is 1.73. The summed E-state index contributed by atoms with van der Waals surface area (Å²) in [7, 11) is 0. The first-order valence-corrected chi connectivity index (χ1v) is 6.45. The summed E-state index contributed by atoms with van der Waals surface area (Å²) < 4.78 is 0. The van der Waals surface area contributed by atoms with Gasteiger partial charge in [0.25, 0.3) is 0 Å². The lowest BCUT2D eigenvalue weighted by atomic mass is 9.99. The first-order chi connectivity index (χ1) is 7.66. The molecule has 16 heavy (non-hydrogen) atoms. The predicted octanol–water partition coefficient (Wildman–Crippen LogP) is 3.61. The van der Waals surface area contributed by atoms with Gasteiger partial charge in [-0.15, -0.1) is 0 Å². The molecule has 1 nitrogen and oxygen atoms in total. The normalized spacial score (nSPS) is 12.7. The molecule has 0 fully saturated rings. The highest BCUT2D eigenvalue weighted by Crippen LogP contribution is 2.23. The third kappa shape index (κ3) is 2.52. The second kappa shape index (κ2) is 4.81. The molecule has 0 spiro atoms. The van der Waals surface area contributed by atoms with Gasteiger partial charge in [-0.05, 0) is 47.7 Å². The summed E-state index contributed by atoms with van der Waals surface area (Å²) in [4.78, 5) is 0. The average Bonchev–Trinajstić information content (AvgIpc) is 2.68. The fourth-order valence-electron chi connectivity index (χ4n) is 1.84. The molecule has 0 radical (unpaired) electrons. The largest absolute Gasteiger partial charge is 0.324 e. The third-order valence-electron chi connectivity index (χ3n) is 2.87. The molecule has 0 saturated carbocycles. The van der Waals surface area contributed by atoms with E-state index in [1.165, 1.54) is 22.3 Å². The van der Waals surface area contributed by atoms with Crippen LogP contribution in [0.1, 0.15) is 28.3 Å². The van der Waals surface area contributed by atoms with Gasteiger partial charge in [-0.25, -0.2) is 0 Å². The van der Waals surface area contributed by atoms with Gasteiger partial charge >= 0.3 is 0 Å². The second-order valence-electron chi connectivity index (χ2n) is 4.31. The van der Waals surface area contributed by atoms with Crippen molar-refractivity contribution in [1.82, 2.24) is 0 Å². The Morgan fingerprint density at radius 3 is 2.38 bits per heavy atom. The summed E-state index contributed by atoms with van der Waals surface area (Å²) in [6.07, 6.45) is 0.915. The fraction of sp³-hybridized carbons (Fsp3) is 0.286. The van der Waals surface area contributed by atoms with Crippen LogP contribution in [-0.4, -0.2) is 0 Å². The highest BCUT2D eigenvalue weighted by molar-refractivity contribution is 7.08. The lowest BCUT2D eigenvalue weighted by molar-refractivity contribution is 0.720. The van der Waals surface area contributed by atoms with Crippen LogP contribution in [-0.2, 0) is 6.42 Å². The van der Waals surface area contributed by atoms with Crippen LogP contribution in [0.5, 0.6) is 0 Å². The van der Waals surface area contributed by atoms with Gasteiger partial charge in [0.1, 0.15) is 0 Å². The monoisotopic (exact) mass is 231 g/mol. The minimum atomic E-state index is 0.119. The van der Waals surface area contributed by atoms with E-state index < -0.39 is 0 Å². The molecule has 2 heteroatoms. The minimum Gasteiger partial charge on any atom is -0.324 e. The molecule has 0 aliphatic heterocycles. The van der Waals surface area contributed by atoms with Crippen molar-refractivity contribution < 1.29 is 0 Å². The van der Waals surface area contributed by atoms with Crippen molar-refractivity contribution in [3.05, 3.63) is 57.3 Å².